The van der Waals surface area contributed by atoms with Crippen molar-refractivity contribution >= 4 is 52.5 Å². The van der Waals surface area contributed by atoms with Crippen LogP contribution in [0.2, 0.25) is 10.0 Å². The number of hydrogen-bond acceptors (Lipinski definition) is 4. The molecule has 0 saturated carbocycles. The molecule has 0 spiro atoms. The Morgan fingerprint density at radius 1 is 0.914 bits per heavy atom. The number of benzene rings is 3. The number of carbonyl (C=O) groups is 2. The van der Waals surface area contributed by atoms with E-state index in [1.807, 2.05) is 65.6 Å². The van der Waals surface area contributed by atoms with Crippen LogP contribution in [0.4, 0.5) is 11.4 Å². The lowest BCUT2D eigenvalue weighted by atomic mass is 10.2. The van der Waals surface area contributed by atoms with Crippen molar-refractivity contribution in [3.63, 3.8) is 0 Å². The summed E-state index contributed by atoms with van der Waals surface area (Å²) in [6.07, 6.45) is 3.48. The fraction of sp³-hybridized carbons (Fsp3) is 0.185. The Kier molecular flexibility index (Phi) is 8.29. The summed E-state index contributed by atoms with van der Waals surface area (Å²) in [5.74, 6) is 0.128. The summed E-state index contributed by atoms with van der Waals surface area (Å²) in [5.41, 5.74) is 2.72. The van der Waals surface area contributed by atoms with E-state index in [2.05, 4.69) is 10.2 Å². The molecule has 1 aliphatic heterocycles. The monoisotopic (exact) mass is 509 g/mol. The molecule has 0 unspecified atom stereocenters. The number of piperazine rings is 1. The van der Waals surface area contributed by atoms with Gasteiger partial charge in [-0.25, -0.2) is 0 Å². The van der Waals surface area contributed by atoms with Crippen molar-refractivity contribution in [2.75, 3.05) is 43.0 Å². The topological polar surface area (TPSA) is 61.9 Å². The lowest BCUT2D eigenvalue weighted by Crippen LogP contribution is -2.48. The second-order valence-corrected chi connectivity index (χ2v) is 8.86. The molecule has 0 atom stereocenters. The van der Waals surface area contributed by atoms with Gasteiger partial charge >= 0.3 is 0 Å². The van der Waals surface area contributed by atoms with Crippen LogP contribution in [-0.4, -0.2) is 49.5 Å². The second kappa shape index (κ2) is 11.8. The lowest BCUT2D eigenvalue weighted by molar-refractivity contribution is -0.126. The van der Waals surface area contributed by atoms with Crippen LogP contribution >= 0.6 is 23.2 Å². The zero-order chi connectivity index (χ0) is 24.6. The molecule has 0 aromatic heterocycles. The quantitative estimate of drug-likeness (QED) is 0.434. The Balaban J connectivity index is 1.23. The van der Waals surface area contributed by atoms with Gasteiger partial charge in [0.1, 0.15) is 5.75 Å². The van der Waals surface area contributed by atoms with Crippen molar-refractivity contribution in [1.82, 2.24) is 4.90 Å². The highest BCUT2D eigenvalue weighted by atomic mass is 35.5. The SMILES string of the molecule is O=C(COc1ccc(Cl)cc1Cl)Nc1ccc(N2CCN(C(=O)/C=C/c3ccccc3)CC2)cc1. The number of hydrogen-bond donors (Lipinski definition) is 1. The van der Waals surface area contributed by atoms with Gasteiger partial charge in [0.2, 0.25) is 5.91 Å². The Hall–Kier alpha value is -3.48. The molecule has 0 bridgehead atoms. The van der Waals surface area contributed by atoms with Gasteiger partial charge < -0.3 is 19.9 Å². The van der Waals surface area contributed by atoms with Gasteiger partial charge in [0.25, 0.3) is 5.91 Å². The van der Waals surface area contributed by atoms with Crippen molar-refractivity contribution in [3.8, 4) is 5.75 Å². The van der Waals surface area contributed by atoms with Crippen LogP contribution in [0.1, 0.15) is 5.56 Å². The third kappa shape index (κ3) is 7.01. The fourth-order valence-corrected chi connectivity index (χ4v) is 4.17. The number of rotatable bonds is 7. The van der Waals surface area contributed by atoms with E-state index in [1.54, 1.807) is 24.3 Å². The van der Waals surface area contributed by atoms with Gasteiger partial charge in [0.15, 0.2) is 6.61 Å². The summed E-state index contributed by atoms with van der Waals surface area (Å²) >= 11 is 11.9. The van der Waals surface area contributed by atoms with Crippen LogP contribution in [-0.2, 0) is 9.59 Å². The molecule has 0 radical (unpaired) electrons. The van der Waals surface area contributed by atoms with Gasteiger partial charge in [-0.05, 0) is 54.1 Å². The zero-order valence-electron chi connectivity index (χ0n) is 19.0. The van der Waals surface area contributed by atoms with Crippen LogP contribution in [0.25, 0.3) is 6.08 Å². The first-order valence-electron chi connectivity index (χ1n) is 11.2. The summed E-state index contributed by atoms with van der Waals surface area (Å²) in [6.45, 7) is 2.62. The smallest absolute Gasteiger partial charge is 0.262 e. The third-order valence-corrected chi connectivity index (χ3v) is 6.11. The molecular weight excluding hydrogens is 485 g/mol. The van der Waals surface area contributed by atoms with Crippen molar-refractivity contribution in [2.24, 2.45) is 0 Å². The molecule has 3 aromatic carbocycles. The Morgan fingerprint density at radius 3 is 2.31 bits per heavy atom. The van der Waals surface area contributed by atoms with E-state index >= 15 is 0 Å². The van der Waals surface area contributed by atoms with Gasteiger partial charge in [-0.15, -0.1) is 0 Å². The molecule has 1 fully saturated rings. The van der Waals surface area contributed by atoms with Gasteiger partial charge in [-0.3, -0.25) is 9.59 Å². The molecule has 1 heterocycles. The fourth-order valence-electron chi connectivity index (χ4n) is 3.71. The maximum absolute atomic E-state index is 12.5. The molecule has 2 amide bonds. The van der Waals surface area contributed by atoms with E-state index < -0.39 is 0 Å². The van der Waals surface area contributed by atoms with E-state index in [0.29, 0.717) is 34.6 Å². The maximum atomic E-state index is 12.5. The van der Waals surface area contributed by atoms with E-state index in [-0.39, 0.29) is 18.4 Å². The van der Waals surface area contributed by atoms with Gasteiger partial charge in [0.05, 0.1) is 5.02 Å². The minimum atomic E-state index is -0.292. The molecule has 3 aromatic rings. The van der Waals surface area contributed by atoms with E-state index in [0.717, 1.165) is 24.3 Å². The van der Waals surface area contributed by atoms with Crippen LogP contribution in [0.15, 0.2) is 78.9 Å². The Morgan fingerprint density at radius 2 is 1.63 bits per heavy atom. The predicted molar refractivity (Wildman–Crippen MR) is 141 cm³/mol. The zero-order valence-corrected chi connectivity index (χ0v) is 20.5. The van der Waals surface area contributed by atoms with E-state index in [9.17, 15) is 9.59 Å². The molecule has 4 rings (SSSR count). The summed E-state index contributed by atoms with van der Waals surface area (Å²) in [5, 5.41) is 3.66. The molecule has 6 nitrogen and oxygen atoms in total. The van der Waals surface area contributed by atoms with E-state index in [4.69, 9.17) is 27.9 Å². The standard InChI is InChI=1S/C27H25Cl2N3O3/c28-21-7-12-25(24(29)18-21)35-19-26(33)30-22-8-10-23(11-9-22)31-14-16-32(17-15-31)27(34)13-6-20-4-2-1-3-5-20/h1-13,18H,14-17,19H2,(H,30,33)/b13-6+. The predicted octanol–water partition coefficient (Wildman–Crippen LogP) is 5.37. The number of carbonyl (C=O) groups excluding carboxylic acids is 2. The molecule has 1 N–H and O–H groups in total. The van der Waals surface area contributed by atoms with Crippen LogP contribution in [0.5, 0.6) is 5.75 Å². The average molecular weight is 510 g/mol. The molecule has 1 aliphatic rings. The average Bonchev–Trinajstić information content (AvgIpc) is 2.88. The largest absolute Gasteiger partial charge is 0.482 e. The van der Waals surface area contributed by atoms with Crippen LogP contribution in [0, 0.1) is 0 Å². The maximum Gasteiger partial charge on any atom is 0.262 e. The lowest BCUT2D eigenvalue weighted by Gasteiger charge is -2.35. The van der Waals surface area contributed by atoms with Crippen LogP contribution in [0.3, 0.4) is 0 Å². The number of nitrogens with one attached hydrogen (secondary N) is 1. The van der Waals surface area contributed by atoms with Crippen molar-refractivity contribution in [3.05, 3.63) is 94.5 Å². The van der Waals surface area contributed by atoms with Gasteiger partial charge in [-0.2, -0.15) is 0 Å². The summed E-state index contributed by atoms with van der Waals surface area (Å²) in [4.78, 5) is 28.8. The number of ether oxygens (including phenoxy) is 1. The molecule has 8 heteroatoms. The molecular formula is C27H25Cl2N3O3. The number of halogens is 2. The van der Waals surface area contributed by atoms with Gasteiger partial charge in [0, 0.05) is 48.7 Å². The van der Waals surface area contributed by atoms with E-state index in [1.165, 1.54) is 0 Å². The highest BCUT2D eigenvalue weighted by Crippen LogP contribution is 2.27. The van der Waals surface area contributed by atoms with Gasteiger partial charge in [-0.1, -0.05) is 53.5 Å². The summed E-state index contributed by atoms with van der Waals surface area (Å²) in [7, 11) is 0. The minimum Gasteiger partial charge on any atom is -0.482 e. The minimum absolute atomic E-state index is 0.0219. The molecule has 35 heavy (non-hydrogen) atoms. The molecule has 180 valence electrons. The van der Waals surface area contributed by atoms with Crippen molar-refractivity contribution in [1.29, 1.82) is 0 Å². The number of nitrogens with zero attached hydrogens (tertiary/aromatic N) is 2. The number of anilines is 2. The van der Waals surface area contributed by atoms with Crippen LogP contribution < -0.4 is 15.0 Å². The summed E-state index contributed by atoms with van der Waals surface area (Å²) < 4.78 is 5.47. The second-order valence-electron chi connectivity index (χ2n) is 8.01. The first-order valence-corrected chi connectivity index (χ1v) is 12.0. The molecule has 0 aliphatic carbocycles. The summed E-state index contributed by atoms with van der Waals surface area (Å²) in [6, 6.07) is 22.2. The third-order valence-electron chi connectivity index (χ3n) is 5.58. The highest BCUT2D eigenvalue weighted by molar-refractivity contribution is 6.35. The first kappa shape index (κ1) is 24.6. The Bertz CT molecular complexity index is 1190. The van der Waals surface area contributed by atoms with Crippen molar-refractivity contribution in [2.45, 2.75) is 0 Å². The Labute approximate surface area is 214 Å². The highest BCUT2D eigenvalue weighted by Gasteiger charge is 2.20. The number of amides is 2. The normalized spacial score (nSPS) is 13.7. The molecule has 1 saturated heterocycles. The van der Waals surface area contributed by atoms with Crippen molar-refractivity contribution < 1.29 is 14.3 Å². The first-order chi connectivity index (χ1) is 17.0.